The summed E-state index contributed by atoms with van der Waals surface area (Å²) >= 11 is 0. The van der Waals surface area contributed by atoms with Gasteiger partial charge in [0.1, 0.15) is 17.2 Å². The molecule has 8 nitrogen and oxygen atoms in total. The highest BCUT2D eigenvalue weighted by Gasteiger charge is 2.20. The molecule has 0 heterocycles. The summed E-state index contributed by atoms with van der Waals surface area (Å²) in [6.07, 6.45) is -1.80. The highest BCUT2D eigenvalue weighted by Crippen LogP contribution is 2.30. The Morgan fingerprint density at radius 3 is 2.50 bits per heavy atom. The molecule has 1 aromatic carbocycles. The number of nitrogens with one attached hydrogen (secondary N) is 2. The van der Waals surface area contributed by atoms with E-state index in [1.165, 1.54) is 0 Å². The molecule has 0 saturated carbocycles. The monoisotopic (exact) mass is 397 g/mol. The average Bonchev–Trinajstić information content (AvgIpc) is 2.56. The van der Waals surface area contributed by atoms with Crippen LogP contribution in [0.4, 0.5) is 14.0 Å². The van der Waals surface area contributed by atoms with E-state index in [4.69, 9.17) is 14.6 Å². The predicted octanol–water partition coefficient (Wildman–Crippen LogP) is 3.59. The number of carboxylic acid groups (broad SMARTS) is 1. The van der Waals surface area contributed by atoms with Gasteiger partial charge in [-0.1, -0.05) is 0 Å². The van der Waals surface area contributed by atoms with Crippen LogP contribution in [0.5, 0.6) is 5.75 Å². The molecule has 0 saturated heterocycles. The number of benzene rings is 1. The molecule has 0 unspecified atom stereocenters. The van der Waals surface area contributed by atoms with Crippen molar-refractivity contribution in [2.24, 2.45) is 5.10 Å². The van der Waals surface area contributed by atoms with Crippen molar-refractivity contribution in [3.63, 3.8) is 0 Å². The van der Waals surface area contributed by atoms with Crippen LogP contribution in [0.1, 0.15) is 51.3 Å². The van der Waals surface area contributed by atoms with Gasteiger partial charge in [-0.2, -0.15) is 5.10 Å². The maximum Gasteiger partial charge on any atom is 0.428 e. The van der Waals surface area contributed by atoms with Crippen LogP contribution in [0.3, 0.4) is 0 Å². The summed E-state index contributed by atoms with van der Waals surface area (Å²) in [4.78, 5) is 22.5. The molecule has 0 aliphatic heterocycles. The summed E-state index contributed by atoms with van der Waals surface area (Å²) < 4.78 is 25.4. The lowest BCUT2D eigenvalue weighted by Gasteiger charge is -2.19. The molecule has 3 N–H and O–H groups in total. The summed E-state index contributed by atoms with van der Waals surface area (Å²) in [6, 6.07) is 1.57. The third-order valence-corrected chi connectivity index (χ3v) is 3.53. The van der Waals surface area contributed by atoms with Gasteiger partial charge in [0.05, 0.1) is 12.3 Å². The number of carbonyl (C=O) groups excluding carboxylic acids is 1. The van der Waals surface area contributed by atoms with Crippen molar-refractivity contribution in [3.8, 4) is 5.75 Å². The van der Waals surface area contributed by atoms with Crippen LogP contribution in [0.15, 0.2) is 11.2 Å². The van der Waals surface area contributed by atoms with Crippen LogP contribution in [0.2, 0.25) is 0 Å². The minimum atomic E-state index is -1.19. The van der Waals surface area contributed by atoms with Gasteiger partial charge in [-0.15, -0.1) is 0 Å². The second-order valence-electron chi connectivity index (χ2n) is 7.09. The molecular formula is C19H28FN3O5. The van der Waals surface area contributed by atoms with Gasteiger partial charge in [-0.25, -0.2) is 19.4 Å². The molecule has 2 amide bonds. The number of rotatable bonds is 7. The van der Waals surface area contributed by atoms with Crippen molar-refractivity contribution in [2.75, 3.05) is 13.2 Å². The molecule has 0 radical (unpaired) electrons. The second-order valence-corrected chi connectivity index (χ2v) is 7.09. The number of carbonyl (C=O) groups is 2. The normalized spacial score (nSPS) is 11.8. The third-order valence-electron chi connectivity index (χ3n) is 3.53. The maximum atomic E-state index is 14.7. The van der Waals surface area contributed by atoms with Crippen molar-refractivity contribution in [2.45, 2.75) is 53.6 Å². The number of ether oxygens (including phenoxy) is 2. The first-order valence-electron chi connectivity index (χ1n) is 8.91. The lowest BCUT2D eigenvalue weighted by molar-refractivity contribution is 0.0529. The molecule has 0 fully saturated rings. The van der Waals surface area contributed by atoms with Gasteiger partial charge < -0.3 is 19.9 Å². The maximum absolute atomic E-state index is 14.7. The summed E-state index contributed by atoms with van der Waals surface area (Å²) in [5.41, 5.74) is 3.14. The number of hydrazone groups is 1. The third kappa shape index (κ3) is 7.05. The first kappa shape index (κ1) is 23.2. The van der Waals surface area contributed by atoms with Gasteiger partial charge in [0, 0.05) is 17.7 Å². The van der Waals surface area contributed by atoms with Gasteiger partial charge in [0.2, 0.25) is 0 Å². The zero-order valence-corrected chi connectivity index (χ0v) is 17.1. The zero-order chi connectivity index (χ0) is 21.5. The van der Waals surface area contributed by atoms with Crippen molar-refractivity contribution in [1.29, 1.82) is 0 Å². The van der Waals surface area contributed by atoms with Crippen LogP contribution in [-0.2, 0) is 11.2 Å². The van der Waals surface area contributed by atoms with Crippen LogP contribution >= 0.6 is 0 Å². The lowest BCUT2D eigenvalue weighted by atomic mass is 9.98. The Morgan fingerprint density at radius 1 is 1.32 bits per heavy atom. The highest BCUT2D eigenvalue weighted by molar-refractivity contribution is 6.02. The van der Waals surface area contributed by atoms with E-state index in [1.54, 1.807) is 47.6 Å². The van der Waals surface area contributed by atoms with Crippen LogP contribution in [0.25, 0.3) is 0 Å². The average molecular weight is 397 g/mol. The molecule has 0 aromatic heterocycles. The van der Waals surface area contributed by atoms with E-state index in [-0.39, 0.29) is 30.9 Å². The van der Waals surface area contributed by atoms with E-state index in [9.17, 15) is 14.0 Å². The minimum absolute atomic E-state index is 0.0293. The molecule has 28 heavy (non-hydrogen) atoms. The van der Waals surface area contributed by atoms with E-state index >= 15 is 0 Å². The number of aryl methyl sites for hydroxylation is 1. The largest absolute Gasteiger partial charge is 0.493 e. The molecule has 0 spiro atoms. The van der Waals surface area contributed by atoms with Gasteiger partial charge in [-0.3, -0.25) is 0 Å². The molecule has 9 heteroatoms. The molecule has 0 aliphatic carbocycles. The van der Waals surface area contributed by atoms with E-state index < -0.39 is 23.6 Å². The number of nitrogens with zero attached hydrogens (tertiary/aromatic N) is 1. The Morgan fingerprint density at radius 2 is 1.96 bits per heavy atom. The first-order chi connectivity index (χ1) is 13.0. The van der Waals surface area contributed by atoms with Crippen molar-refractivity contribution < 1.29 is 28.6 Å². The van der Waals surface area contributed by atoms with Gasteiger partial charge in [0.15, 0.2) is 0 Å². The Hall–Kier alpha value is -2.84. The van der Waals surface area contributed by atoms with Crippen molar-refractivity contribution >= 4 is 17.9 Å². The van der Waals surface area contributed by atoms with Gasteiger partial charge in [-0.05, 0) is 59.6 Å². The summed E-state index contributed by atoms with van der Waals surface area (Å²) in [5.74, 6) is -0.197. The molecular weight excluding hydrogens is 369 g/mol. The Balaban J connectivity index is 3.21. The molecule has 1 rings (SSSR count). The fourth-order valence-corrected chi connectivity index (χ4v) is 2.43. The molecule has 0 bridgehead atoms. The summed E-state index contributed by atoms with van der Waals surface area (Å²) in [7, 11) is 0. The van der Waals surface area contributed by atoms with Gasteiger partial charge in [0.25, 0.3) is 0 Å². The number of amides is 2. The zero-order valence-electron chi connectivity index (χ0n) is 17.1. The van der Waals surface area contributed by atoms with E-state index in [2.05, 4.69) is 15.8 Å². The second kappa shape index (κ2) is 9.91. The fraction of sp³-hybridized carbons (Fsp3) is 0.526. The molecule has 156 valence electrons. The Kier molecular flexibility index (Phi) is 8.21. The van der Waals surface area contributed by atoms with Gasteiger partial charge >= 0.3 is 12.2 Å². The van der Waals surface area contributed by atoms with E-state index in [0.29, 0.717) is 16.8 Å². The highest BCUT2D eigenvalue weighted by atomic mass is 19.1. The van der Waals surface area contributed by atoms with Crippen LogP contribution < -0.4 is 15.5 Å². The lowest BCUT2D eigenvalue weighted by Crippen LogP contribution is -2.30. The smallest absolute Gasteiger partial charge is 0.428 e. The van der Waals surface area contributed by atoms with E-state index in [1.807, 2.05) is 0 Å². The van der Waals surface area contributed by atoms with Crippen molar-refractivity contribution in [3.05, 3.63) is 28.6 Å². The predicted molar refractivity (Wildman–Crippen MR) is 104 cm³/mol. The summed E-state index contributed by atoms with van der Waals surface area (Å²) in [6.45, 7) is 10.5. The fourth-order valence-electron chi connectivity index (χ4n) is 2.43. The Labute approximate surface area is 164 Å². The molecule has 0 atom stereocenters. The Bertz CT molecular complexity index is 757. The first-order valence-corrected chi connectivity index (χ1v) is 8.91. The summed E-state index contributed by atoms with van der Waals surface area (Å²) in [5, 5.41) is 15.0. The minimum Gasteiger partial charge on any atom is -0.493 e. The van der Waals surface area contributed by atoms with E-state index in [0.717, 1.165) is 0 Å². The van der Waals surface area contributed by atoms with Crippen molar-refractivity contribution in [1.82, 2.24) is 10.7 Å². The number of hydrogen-bond donors (Lipinski definition) is 3. The molecule has 1 aromatic rings. The topological polar surface area (TPSA) is 109 Å². The number of hydrogen-bond acceptors (Lipinski definition) is 5. The number of halogens is 1. The molecule has 0 aliphatic rings. The SMILES string of the molecule is CCOc1c(/C(C)=N/NC(=O)OC(C)(C)C)cc(C)c(F)c1CCNC(=O)O. The quantitative estimate of drug-likeness (QED) is 0.481. The standard InChI is InChI=1S/C19H28FN3O5/c1-7-27-16-13(8-9-21-17(24)25)15(20)11(2)10-14(16)12(3)22-23-18(26)28-19(4,5)6/h10,21H,7-9H2,1-6H3,(H,23,26)(H,24,25)/b22-12+. The van der Waals surface area contributed by atoms with Crippen LogP contribution in [0, 0.1) is 12.7 Å². The van der Waals surface area contributed by atoms with Crippen LogP contribution in [-0.4, -0.2) is 41.8 Å².